The van der Waals surface area contributed by atoms with Crippen LogP contribution in [0.1, 0.15) is 17.2 Å². The third kappa shape index (κ3) is 1.76. The number of aliphatic hydroxyl groups is 1. The second-order valence-electron chi connectivity index (χ2n) is 4.30. The highest BCUT2D eigenvalue weighted by molar-refractivity contribution is 5.85. The first-order valence-electron chi connectivity index (χ1n) is 5.75. The highest BCUT2D eigenvalue weighted by Crippen LogP contribution is 2.27. The Morgan fingerprint density at radius 3 is 2.78 bits per heavy atom. The van der Waals surface area contributed by atoms with Crippen LogP contribution in [0.2, 0.25) is 0 Å². The number of hydrogen-bond acceptors (Lipinski definition) is 3. The van der Waals surface area contributed by atoms with E-state index in [0.29, 0.717) is 0 Å². The molecule has 0 fully saturated rings. The minimum Gasteiger partial charge on any atom is -0.383 e. The van der Waals surface area contributed by atoms with E-state index in [0.717, 1.165) is 21.9 Å². The predicted molar refractivity (Wildman–Crippen MR) is 69.0 cm³/mol. The van der Waals surface area contributed by atoms with Crippen LogP contribution in [-0.4, -0.2) is 19.9 Å². The van der Waals surface area contributed by atoms with Crippen molar-refractivity contribution < 1.29 is 5.11 Å². The molecular formula is C14H13N3O. The van der Waals surface area contributed by atoms with Crippen LogP contribution >= 0.6 is 0 Å². The van der Waals surface area contributed by atoms with Gasteiger partial charge in [0.05, 0.1) is 6.20 Å². The van der Waals surface area contributed by atoms with E-state index in [-0.39, 0.29) is 0 Å². The Hall–Kier alpha value is -2.20. The molecule has 1 N–H and O–H groups in total. The summed E-state index contributed by atoms with van der Waals surface area (Å²) in [4.78, 5) is 4.18. The van der Waals surface area contributed by atoms with Crippen LogP contribution in [0.25, 0.3) is 10.8 Å². The lowest BCUT2D eigenvalue weighted by atomic mass is 10.0. The van der Waals surface area contributed by atoms with Crippen LogP contribution in [0.5, 0.6) is 0 Å². The van der Waals surface area contributed by atoms with Crippen LogP contribution in [-0.2, 0) is 7.05 Å². The molecular weight excluding hydrogens is 226 g/mol. The predicted octanol–water partition coefficient (Wildman–Crippen LogP) is 2.05. The fraction of sp³-hybridized carbons (Fsp3) is 0.143. The van der Waals surface area contributed by atoms with Crippen molar-refractivity contribution in [2.45, 2.75) is 6.10 Å². The molecule has 1 aromatic carbocycles. The van der Waals surface area contributed by atoms with Gasteiger partial charge < -0.3 is 5.11 Å². The maximum atomic E-state index is 10.4. The summed E-state index contributed by atoms with van der Waals surface area (Å²) < 4.78 is 1.68. The fourth-order valence-electron chi connectivity index (χ4n) is 2.12. The number of nitrogens with zero attached hydrogens (tertiary/aromatic N) is 3. The van der Waals surface area contributed by atoms with Gasteiger partial charge in [-0.2, -0.15) is 5.10 Å². The normalized spacial score (nSPS) is 12.8. The first kappa shape index (κ1) is 10.9. The molecule has 0 bridgehead atoms. The van der Waals surface area contributed by atoms with Crippen molar-refractivity contribution in [3.63, 3.8) is 0 Å². The molecule has 0 radical (unpaired) electrons. The van der Waals surface area contributed by atoms with Gasteiger partial charge in [0.2, 0.25) is 0 Å². The highest BCUT2D eigenvalue weighted by Gasteiger charge is 2.15. The van der Waals surface area contributed by atoms with Crippen LogP contribution in [0.15, 0.2) is 49.1 Å². The number of aryl methyl sites for hydroxylation is 1. The quantitative estimate of drug-likeness (QED) is 0.744. The van der Waals surface area contributed by atoms with Gasteiger partial charge in [-0.05, 0) is 5.39 Å². The maximum Gasteiger partial charge on any atom is 0.109 e. The molecule has 4 nitrogen and oxygen atoms in total. The Morgan fingerprint density at radius 1 is 1.17 bits per heavy atom. The molecule has 0 aliphatic heterocycles. The van der Waals surface area contributed by atoms with Crippen molar-refractivity contribution in [2.75, 3.05) is 0 Å². The van der Waals surface area contributed by atoms with Crippen molar-refractivity contribution in [3.8, 4) is 0 Å². The average Bonchev–Trinajstić information content (AvgIpc) is 2.84. The lowest BCUT2D eigenvalue weighted by Gasteiger charge is -2.11. The van der Waals surface area contributed by atoms with E-state index >= 15 is 0 Å². The Labute approximate surface area is 105 Å². The van der Waals surface area contributed by atoms with Gasteiger partial charge in [-0.25, -0.2) is 0 Å². The number of aliphatic hydroxyl groups excluding tert-OH is 1. The lowest BCUT2D eigenvalue weighted by molar-refractivity contribution is 0.221. The summed E-state index contributed by atoms with van der Waals surface area (Å²) in [5, 5.41) is 16.5. The van der Waals surface area contributed by atoms with Gasteiger partial charge in [-0.15, -0.1) is 0 Å². The molecule has 18 heavy (non-hydrogen) atoms. The average molecular weight is 239 g/mol. The molecule has 2 aromatic heterocycles. The largest absolute Gasteiger partial charge is 0.383 e. The molecule has 1 atom stereocenters. The van der Waals surface area contributed by atoms with E-state index in [9.17, 15) is 5.11 Å². The van der Waals surface area contributed by atoms with E-state index in [1.54, 1.807) is 23.3 Å². The summed E-state index contributed by atoms with van der Waals surface area (Å²) in [5.74, 6) is 0. The smallest absolute Gasteiger partial charge is 0.109 e. The Balaban J connectivity index is 2.14. The van der Waals surface area contributed by atoms with Crippen molar-refractivity contribution in [1.29, 1.82) is 0 Å². The number of pyridine rings is 1. The summed E-state index contributed by atoms with van der Waals surface area (Å²) in [6.45, 7) is 0. The number of aromatic nitrogens is 3. The monoisotopic (exact) mass is 239 g/mol. The summed E-state index contributed by atoms with van der Waals surface area (Å²) in [7, 11) is 1.83. The number of fused-ring (bicyclic) bond motifs is 1. The van der Waals surface area contributed by atoms with E-state index in [1.807, 2.05) is 37.5 Å². The van der Waals surface area contributed by atoms with Gasteiger partial charge in [-0.1, -0.05) is 24.3 Å². The lowest BCUT2D eigenvalue weighted by Crippen LogP contribution is -2.00. The van der Waals surface area contributed by atoms with Gasteiger partial charge in [0.1, 0.15) is 6.10 Å². The van der Waals surface area contributed by atoms with Crippen LogP contribution < -0.4 is 0 Å². The standard InChI is InChI=1S/C14H13N3O/c1-17-9-11(7-16-17)14(18)13-8-15-6-10-4-2-3-5-12(10)13/h2-9,14,18H,1H3. The molecule has 0 aliphatic carbocycles. The number of hydrogen-bond donors (Lipinski definition) is 1. The topological polar surface area (TPSA) is 50.9 Å². The molecule has 0 saturated carbocycles. The molecule has 0 saturated heterocycles. The molecule has 90 valence electrons. The minimum absolute atomic E-state index is 0.697. The number of rotatable bonds is 2. The van der Waals surface area contributed by atoms with Crippen molar-refractivity contribution in [2.24, 2.45) is 7.05 Å². The van der Waals surface area contributed by atoms with Gasteiger partial charge in [-0.3, -0.25) is 9.67 Å². The maximum absolute atomic E-state index is 10.4. The van der Waals surface area contributed by atoms with Gasteiger partial charge in [0.25, 0.3) is 0 Å². The first-order chi connectivity index (χ1) is 8.75. The van der Waals surface area contributed by atoms with Crippen molar-refractivity contribution in [1.82, 2.24) is 14.8 Å². The zero-order chi connectivity index (χ0) is 12.5. The van der Waals surface area contributed by atoms with Crippen LogP contribution in [0.4, 0.5) is 0 Å². The third-order valence-electron chi connectivity index (χ3n) is 3.03. The molecule has 0 amide bonds. The molecule has 4 heteroatoms. The summed E-state index contributed by atoms with van der Waals surface area (Å²) in [5.41, 5.74) is 1.58. The zero-order valence-electron chi connectivity index (χ0n) is 9.99. The Morgan fingerprint density at radius 2 is 2.00 bits per heavy atom. The molecule has 2 heterocycles. The molecule has 1 unspecified atom stereocenters. The van der Waals surface area contributed by atoms with Gasteiger partial charge in [0.15, 0.2) is 0 Å². The molecule has 0 spiro atoms. The Bertz CT molecular complexity index is 685. The molecule has 0 aliphatic rings. The highest BCUT2D eigenvalue weighted by atomic mass is 16.3. The Kier molecular flexibility index (Phi) is 2.57. The van der Waals surface area contributed by atoms with Crippen molar-refractivity contribution in [3.05, 3.63) is 60.2 Å². The zero-order valence-corrected chi connectivity index (χ0v) is 9.99. The number of benzene rings is 1. The minimum atomic E-state index is -0.697. The van der Waals surface area contributed by atoms with Crippen molar-refractivity contribution >= 4 is 10.8 Å². The van der Waals surface area contributed by atoms with E-state index in [4.69, 9.17) is 0 Å². The summed E-state index contributed by atoms with van der Waals surface area (Å²) >= 11 is 0. The summed E-state index contributed by atoms with van der Waals surface area (Å²) in [6, 6.07) is 7.90. The second kappa shape index (κ2) is 4.23. The van der Waals surface area contributed by atoms with Gasteiger partial charge >= 0.3 is 0 Å². The van der Waals surface area contributed by atoms with E-state index in [2.05, 4.69) is 10.1 Å². The second-order valence-corrected chi connectivity index (χ2v) is 4.30. The first-order valence-corrected chi connectivity index (χ1v) is 5.75. The molecule has 3 aromatic rings. The van der Waals surface area contributed by atoms with E-state index < -0.39 is 6.10 Å². The van der Waals surface area contributed by atoms with Gasteiger partial charge in [0, 0.05) is 42.2 Å². The van der Waals surface area contributed by atoms with Crippen LogP contribution in [0, 0.1) is 0 Å². The fourth-order valence-corrected chi connectivity index (χ4v) is 2.12. The summed E-state index contributed by atoms with van der Waals surface area (Å²) in [6.07, 6.45) is 6.30. The SMILES string of the molecule is Cn1cc(C(O)c2cncc3ccccc23)cn1. The van der Waals surface area contributed by atoms with Crippen LogP contribution in [0.3, 0.4) is 0 Å². The molecule has 3 rings (SSSR count). The third-order valence-corrected chi connectivity index (χ3v) is 3.03. The van der Waals surface area contributed by atoms with E-state index in [1.165, 1.54) is 0 Å².